The van der Waals surface area contributed by atoms with Crippen molar-refractivity contribution >= 4 is 47.2 Å². The van der Waals surface area contributed by atoms with Gasteiger partial charge in [0.2, 0.25) is 0 Å². The molecule has 1 aliphatic rings. The van der Waals surface area contributed by atoms with Crippen LogP contribution in [0.1, 0.15) is 12.2 Å². The molecule has 166 valence electrons. The van der Waals surface area contributed by atoms with Crippen LogP contribution < -0.4 is 10.2 Å². The van der Waals surface area contributed by atoms with Gasteiger partial charge < -0.3 is 15.1 Å². The van der Waals surface area contributed by atoms with Crippen molar-refractivity contribution in [3.05, 3.63) is 41.4 Å². The highest BCUT2D eigenvalue weighted by atomic mass is 127. The summed E-state index contributed by atoms with van der Waals surface area (Å²) >= 11 is 6.12. The number of aromatic nitrogens is 3. The van der Waals surface area contributed by atoms with Gasteiger partial charge in [0.05, 0.1) is 6.54 Å². The Morgan fingerprint density at radius 2 is 2.03 bits per heavy atom. The van der Waals surface area contributed by atoms with Gasteiger partial charge in [-0.1, -0.05) is 17.7 Å². The summed E-state index contributed by atoms with van der Waals surface area (Å²) in [6.45, 7) is 6.87. The molecule has 0 aliphatic carbocycles. The monoisotopic (exact) mass is 546 g/mol. The molecule has 1 aromatic carbocycles. The summed E-state index contributed by atoms with van der Waals surface area (Å²) in [5.74, 6) is 1.78. The van der Waals surface area contributed by atoms with E-state index in [0.29, 0.717) is 6.54 Å². The quantitative estimate of drug-likeness (QED) is 0.249. The van der Waals surface area contributed by atoms with Crippen molar-refractivity contribution in [1.82, 2.24) is 29.9 Å². The highest BCUT2D eigenvalue weighted by molar-refractivity contribution is 14.0. The first-order valence-electron chi connectivity index (χ1n) is 10.0. The number of guanidine groups is 1. The number of rotatable bonds is 7. The first-order valence-corrected chi connectivity index (χ1v) is 10.4. The standard InChI is InChI=1S/C20H31ClN8.HI/c1-22-20(26(2)15-19-24-16-25-27(19)3)23-8-5-9-28-10-12-29(13-11-28)18-7-4-6-17(21)14-18;/h4,6-7,14,16H,5,8-13,15H2,1-3H3,(H,22,23);1H. The number of nitrogens with zero attached hydrogens (tertiary/aromatic N) is 7. The predicted molar refractivity (Wildman–Crippen MR) is 134 cm³/mol. The molecule has 1 saturated heterocycles. The van der Waals surface area contributed by atoms with Crippen LogP contribution in [0.4, 0.5) is 5.69 Å². The van der Waals surface area contributed by atoms with Gasteiger partial charge in [0, 0.05) is 64.6 Å². The molecule has 0 amide bonds. The van der Waals surface area contributed by atoms with E-state index in [1.807, 2.05) is 39.3 Å². The zero-order chi connectivity index (χ0) is 20.6. The van der Waals surface area contributed by atoms with Gasteiger partial charge in [-0.2, -0.15) is 5.10 Å². The number of halogens is 2. The van der Waals surface area contributed by atoms with Crippen molar-refractivity contribution in [1.29, 1.82) is 0 Å². The molecule has 3 rings (SSSR count). The van der Waals surface area contributed by atoms with Crippen LogP contribution in [0.15, 0.2) is 35.6 Å². The third-order valence-corrected chi connectivity index (χ3v) is 5.47. The summed E-state index contributed by atoms with van der Waals surface area (Å²) in [6.07, 6.45) is 2.65. The normalized spacial score (nSPS) is 15.1. The Morgan fingerprint density at radius 1 is 1.27 bits per heavy atom. The Hall–Kier alpha value is -1.59. The predicted octanol–water partition coefficient (Wildman–Crippen LogP) is 2.31. The van der Waals surface area contributed by atoms with Gasteiger partial charge >= 0.3 is 0 Å². The van der Waals surface area contributed by atoms with Crippen LogP contribution in [-0.4, -0.2) is 83.9 Å². The second-order valence-corrected chi connectivity index (χ2v) is 7.73. The minimum Gasteiger partial charge on any atom is -0.369 e. The Bertz CT molecular complexity index is 804. The molecule has 1 aromatic heterocycles. The fourth-order valence-corrected chi connectivity index (χ4v) is 3.72. The number of benzene rings is 1. The van der Waals surface area contributed by atoms with E-state index in [-0.39, 0.29) is 24.0 Å². The topological polar surface area (TPSA) is 64.8 Å². The second-order valence-electron chi connectivity index (χ2n) is 7.29. The molecule has 0 bridgehead atoms. The second kappa shape index (κ2) is 12.3. The van der Waals surface area contributed by atoms with Crippen molar-refractivity contribution < 1.29 is 0 Å². The number of aliphatic imine (C=N–C) groups is 1. The van der Waals surface area contributed by atoms with Crippen LogP contribution in [-0.2, 0) is 13.6 Å². The van der Waals surface area contributed by atoms with Gasteiger partial charge in [-0.05, 0) is 31.2 Å². The summed E-state index contributed by atoms with van der Waals surface area (Å²) in [7, 11) is 5.72. The maximum absolute atomic E-state index is 6.12. The summed E-state index contributed by atoms with van der Waals surface area (Å²) in [5.41, 5.74) is 1.22. The number of nitrogens with one attached hydrogen (secondary N) is 1. The lowest BCUT2D eigenvalue weighted by molar-refractivity contribution is 0.255. The van der Waals surface area contributed by atoms with Gasteiger partial charge in [0.1, 0.15) is 12.2 Å². The molecule has 1 fully saturated rings. The van der Waals surface area contributed by atoms with Gasteiger partial charge in [-0.3, -0.25) is 14.6 Å². The molecule has 0 unspecified atom stereocenters. The van der Waals surface area contributed by atoms with E-state index < -0.39 is 0 Å². The molecule has 0 atom stereocenters. The molecular formula is C20H32ClIN8. The Kier molecular flexibility index (Phi) is 10.1. The Labute approximate surface area is 201 Å². The lowest BCUT2D eigenvalue weighted by atomic mass is 10.2. The molecule has 2 heterocycles. The van der Waals surface area contributed by atoms with Crippen LogP contribution in [0, 0.1) is 0 Å². The SMILES string of the molecule is CN=C(NCCCN1CCN(c2cccc(Cl)c2)CC1)N(C)Cc1ncnn1C.I. The Morgan fingerprint density at radius 3 is 2.67 bits per heavy atom. The molecule has 0 spiro atoms. The number of anilines is 1. The van der Waals surface area contributed by atoms with Crippen molar-refractivity contribution in [2.24, 2.45) is 12.0 Å². The summed E-state index contributed by atoms with van der Waals surface area (Å²) in [5, 5.41) is 8.36. The summed E-state index contributed by atoms with van der Waals surface area (Å²) < 4.78 is 1.78. The molecule has 2 aromatic rings. The molecular weight excluding hydrogens is 515 g/mol. The minimum atomic E-state index is 0. The third-order valence-electron chi connectivity index (χ3n) is 5.24. The third kappa shape index (κ3) is 6.98. The lowest BCUT2D eigenvalue weighted by Gasteiger charge is -2.36. The average Bonchev–Trinajstić information content (AvgIpc) is 3.13. The maximum Gasteiger partial charge on any atom is 0.193 e. The van der Waals surface area contributed by atoms with Crippen molar-refractivity contribution in [2.75, 3.05) is 58.3 Å². The van der Waals surface area contributed by atoms with Crippen LogP contribution in [0.25, 0.3) is 0 Å². The van der Waals surface area contributed by atoms with Gasteiger partial charge in [0.25, 0.3) is 0 Å². The summed E-state index contributed by atoms with van der Waals surface area (Å²) in [6, 6.07) is 8.12. The molecule has 0 saturated carbocycles. The Balaban J connectivity index is 0.00000320. The fourth-order valence-electron chi connectivity index (χ4n) is 3.54. The molecule has 1 N–H and O–H groups in total. The smallest absolute Gasteiger partial charge is 0.193 e. The van der Waals surface area contributed by atoms with Crippen LogP contribution >= 0.6 is 35.6 Å². The minimum absolute atomic E-state index is 0. The van der Waals surface area contributed by atoms with Crippen LogP contribution in [0.5, 0.6) is 0 Å². The first-order chi connectivity index (χ1) is 14.1. The highest BCUT2D eigenvalue weighted by Gasteiger charge is 2.17. The molecule has 10 heteroatoms. The van der Waals surface area contributed by atoms with E-state index in [9.17, 15) is 0 Å². The largest absolute Gasteiger partial charge is 0.369 e. The van der Waals surface area contributed by atoms with Gasteiger partial charge in [0.15, 0.2) is 5.96 Å². The molecule has 1 aliphatic heterocycles. The van der Waals surface area contributed by atoms with E-state index in [1.165, 1.54) is 5.69 Å². The molecule has 8 nitrogen and oxygen atoms in total. The number of aryl methyl sites for hydroxylation is 1. The van der Waals surface area contributed by atoms with E-state index >= 15 is 0 Å². The zero-order valence-corrected chi connectivity index (χ0v) is 21.0. The summed E-state index contributed by atoms with van der Waals surface area (Å²) in [4.78, 5) is 15.6. The first kappa shape index (κ1) is 24.7. The van der Waals surface area contributed by atoms with Crippen molar-refractivity contribution in [3.8, 4) is 0 Å². The van der Waals surface area contributed by atoms with Crippen LogP contribution in [0.2, 0.25) is 5.02 Å². The lowest BCUT2D eigenvalue weighted by Crippen LogP contribution is -2.47. The van der Waals surface area contributed by atoms with Gasteiger partial charge in [-0.25, -0.2) is 4.98 Å². The highest BCUT2D eigenvalue weighted by Crippen LogP contribution is 2.20. The maximum atomic E-state index is 6.12. The van der Waals surface area contributed by atoms with Gasteiger partial charge in [-0.15, -0.1) is 24.0 Å². The fraction of sp³-hybridized carbons (Fsp3) is 0.550. The van der Waals surface area contributed by atoms with E-state index in [2.05, 4.69) is 41.2 Å². The van der Waals surface area contributed by atoms with Crippen LogP contribution in [0.3, 0.4) is 0 Å². The molecule has 30 heavy (non-hydrogen) atoms. The van der Waals surface area contributed by atoms with Crippen molar-refractivity contribution in [2.45, 2.75) is 13.0 Å². The zero-order valence-electron chi connectivity index (χ0n) is 18.0. The molecule has 0 radical (unpaired) electrons. The number of piperazine rings is 1. The van der Waals surface area contributed by atoms with E-state index in [1.54, 1.807) is 11.0 Å². The van der Waals surface area contributed by atoms with E-state index in [4.69, 9.17) is 11.6 Å². The average molecular weight is 547 g/mol. The number of hydrogen-bond donors (Lipinski definition) is 1. The van der Waals surface area contributed by atoms with E-state index in [0.717, 1.165) is 62.5 Å². The van der Waals surface area contributed by atoms with Crippen molar-refractivity contribution in [3.63, 3.8) is 0 Å². The number of hydrogen-bond acceptors (Lipinski definition) is 5.